The molecule has 1 saturated carbocycles. The largest absolute Gasteiger partial charge is 0.343 e. The minimum absolute atomic E-state index is 0.00688. The molecular formula is C23H19FN4O2. The van der Waals surface area contributed by atoms with Crippen LogP contribution in [0.2, 0.25) is 0 Å². The van der Waals surface area contributed by atoms with E-state index in [2.05, 4.69) is 10.3 Å². The third kappa shape index (κ3) is 3.08. The Labute approximate surface area is 171 Å². The van der Waals surface area contributed by atoms with Crippen molar-refractivity contribution in [3.05, 3.63) is 88.5 Å². The molecule has 1 amide bonds. The first-order valence-corrected chi connectivity index (χ1v) is 9.76. The second kappa shape index (κ2) is 6.95. The summed E-state index contributed by atoms with van der Waals surface area (Å²) >= 11 is 0. The number of para-hydroxylation sites is 1. The third-order valence-corrected chi connectivity index (χ3v) is 5.46. The molecule has 4 aromatic rings. The maximum atomic E-state index is 14.8. The predicted octanol–water partition coefficient (Wildman–Crippen LogP) is 4.22. The number of nitrogens with zero attached hydrogens (tertiary/aromatic N) is 3. The number of carbonyl (C=O) groups is 1. The van der Waals surface area contributed by atoms with Crippen LogP contribution in [0.25, 0.3) is 16.6 Å². The first-order valence-electron chi connectivity index (χ1n) is 9.76. The van der Waals surface area contributed by atoms with Gasteiger partial charge in [0, 0.05) is 35.7 Å². The highest BCUT2D eigenvalue weighted by Gasteiger charge is 2.27. The van der Waals surface area contributed by atoms with Crippen LogP contribution < -0.4 is 10.7 Å². The molecule has 2 heterocycles. The first-order chi connectivity index (χ1) is 14.5. The number of benzene rings is 2. The minimum Gasteiger partial charge on any atom is -0.343 e. The maximum Gasteiger partial charge on any atom is 0.261 e. The fourth-order valence-corrected chi connectivity index (χ4v) is 3.68. The molecular weight excluding hydrogens is 383 g/mol. The van der Waals surface area contributed by atoms with Crippen molar-refractivity contribution in [3.63, 3.8) is 0 Å². The van der Waals surface area contributed by atoms with Gasteiger partial charge in [0.05, 0.1) is 17.5 Å². The van der Waals surface area contributed by atoms with Gasteiger partial charge in [0.25, 0.3) is 5.91 Å². The topological polar surface area (TPSA) is 68.9 Å². The van der Waals surface area contributed by atoms with Crippen LogP contribution in [0.5, 0.6) is 0 Å². The van der Waals surface area contributed by atoms with E-state index in [1.807, 2.05) is 29.7 Å². The van der Waals surface area contributed by atoms with Gasteiger partial charge in [-0.3, -0.25) is 9.59 Å². The van der Waals surface area contributed by atoms with Gasteiger partial charge in [-0.2, -0.15) is 0 Å². The summed E-state index contributed by atoms with van der Waals surface area (Å²) in [6, 6.07) is 10.4. The van der Waals surface area contributed by atoms with Gasteiger partial charge in [0.15, 0.2) is 0 Å². The van der Waals surface area contributed by atoms with Gasteiger partial charge >= 0.3 is 0 Å². The fourth-order valence-electron chi connectivity index (χ4n) is 3.68. The van der Waals surface area contributed by atoms with Gasteiger partial charge in [0.2, 0.25) is 5.43 Å². The molecule has 0 saturated heterocycles. The molecule has 0 atom stereocenters. The smallest absolute Gasteiger partial charge is 0.261 e. The summed E-state index contributed by atoms with van der Waals surface area (Å²) in [7, 11) is 0. The number of imidazole rings is 1. The van der Waals surface area contributed by atoms with Crippen molar-refractivity contribution in [3.8, 4) is 5.69 Å². The lowest BCUT2D eigenvalue weighted by molar-refractivity contribution is 0.102. The van der Waals surface area contributed by atoms with Gasteiger partial charge in [-0.05, 0) is 43.5 Å². The number of hydrogen-bond donors (Lipinski definition) is 1. The highest BCUT2D eigenvalue weighted by molar-refractivity contribution is 6.06. The number of carbonyl (C=O) groups excluding carboxylic acids is 1. The van der Waals surface area contributed by atoms with Crippen LogP contribution >= 0.6 is 0 Å². The van der Waals surface area contributed by atoms with E-state index >= 15 is 0 Å². The molecule has 1 aliphatic carbocycles. The monoisotopic (exact) mass is 402 g/mol. The Kier molecular flexibility index (Phi) is 4.24. The summed E-state index contributed by atoms with van der Waals surface area (Å²) in [4.78, 5) is 30.0. The van der Waals surface area contributed by atoms with Crippen molar-refractivity contribution in [2.75, 3.05) is 5.32 Å². The zero-order chi connectivity index (χ0) is 20.8. The molecule has 2 aromatic carbocycles. The summed E-state index contributed by atoms with van der Waals surface area (Å²) in [5.74, 6) is -1.04. The predicted molar refractivity (Wildman–Crippen MR) is 113 cm³/mol. The summed E-state index contributed by atoms with van der Waals surface area (Å²) in [6.07, 6.45) is 8.23. The fraction of sp³-hybridized carbons (Fsp3) is 0.174. The molecule has 1 N–H and O–H groups in total. The molecule has 1 aliphatic rings. The van der Waals surface area contributed by atoms with Crippen molar-refractivity contribution < 1.29 is 9.18 Å². The van der Waals surface area contributed by atoms with Crippen LogP contribution in [0, 0.1) is 12.7 Å². The molecule has 7 heteroatoms. The number of pyridine rings is 1. The summed E-state index contributed by atoms with van der Waals surface area (Å²) in [6.45, 7) is 1.88. The van der Waals surface area contributed by atoms with Crippen LogP contribution in [-0.4, -0.2) is 20.0 Å². The van der Waals surface area contributed by atoms with E-state index in [1.165, 1.54) is 12.4 Å². The van der Waals surface area contributed by atoms with Crippen molar-refractivity contribution in [2.45, 2.75) is 25.8 Å². The Morgan fingerprint density at radius 2 is 2.03 bits per heavy atom. The Hall–Kier alpha value is -3.74. The van der Waals surface area contributed by atoms with Crippen LogP contribution in [0.4, 0.5) is 10.1 Å². The third-order valence-electron chi connectivity index (χ3n) is 5.46. The first kappa shape index (κ1) is 18.3. The number of amides is 1. The van der Waals surface area contributed by atoms with Crippen molar-refractivity contribution in [2.24, 2.45) is 0 Å². The zero-order valence-electron chi connectivity index (χ0n) is 16.3. The number of aryl methyl sites for hydroxylation is 1. The van der Waals surface area contributed by atoms with Crippen LogP contribution in [-0.2, 0) is 0 Å². The van der Waals surface area contributed by atoms with Gasteiger partial charge < -0.3 is 14.5 Å². The average molecular weight is 402 g/mol. The van der Waals surface area contributed by atoms with E-state index in [-0.39, 0.29) is 17.0 Å². The second-order valence-electron chi connectivity index (χ2n) is 7.57. The Bertz CT molecular complexity index is 1340. The Morgan fingerprint density at radius 3 is 2.73 bits per heavy atom. The molecule has 0 unspecified atom stereocenters. The maximum absolute atomic E-state index is 14.8. The van der Waals surface area contributed by atoms with Crippen LogP contribution in [0.15, 0.2) is 66.1 Å². The van der Waals surface area contributed by atoms with E-state index in [9.17, 15) is 14.0 Å². The number of aromatic nitrogens is 3. The molecule has 150 valence electrons. The second-order valence-corrected chi connectivity index (χ2v) is 7.57. The summed E-state index contributed by atoms with van der Waals surface area (Å²) in [5, 5.41) is 3.00. The number of fused-ring (bicyclic) bond motifs is 1. The highest BCUT2D eigenvalue weighted by Crippen LogP contribution is 2.37. The van der Waals surface area contributed by atoms with Crippen molar-refractivity contribution in [1.29, 1.82) is 0 Å². The molecule has 0 bridgehead atoms. The minimum atomic E-state index is -0.545. The number of halogens is 1. The van der Waals surface area contributed by atoms with E-state index in [0.29, 0.717) is 16.9 Å². The lowest BCUT2D eigenvalue weighted by Crippen LogP contribution is -2.24. The number of rotatable bonds is 4. The van der Waals surface area contributed by atoms with E-state index in [0.717, 1.165) is 18.4 Å². The number of nitrogens with one attached hydrogen (secondary N) is 1. The van der Waals surface area contributed by atoms with Gasteiger partial charge in [-0.1, -0.05) is 18.2 Å². The molecule has 5 rings (SSSR count). The summed E-state index contributed by atoms with van der Waals surface area (Å²) in [5.41, 5.74) is 1.98. The Balaban J connectivity index is 1.66. The molecule has 1 fully saturated rings. The van der Waals surface area contributed by atoms with E-state index in [1.54, 1.807) is 35.3 Å². The molecule has 0 aliphatic heterocycles. The molecule has 0 spiro atoms. The van der Waals surface area contributed by atoms with Crippen molar-refractivity contribution >= 4 is 22.5 Å². The lowest BCUT2D eigenvalue weighted by atomic mass is 10.1. The van der Waals surface area contributed by atoms with Gasteiger partial charge in [-0.15, -0.1) is 0 Å². The Morgan fingerprint density at radius 1 is 1.23 bits per heavy atom. The SMILES string of the molecule is Cc1ccccc1NC(=O)c1cn(C2CC2)c2cc(-n3ccnc3)c(F)cc2c1=O. The van der Waals surface area contributed by atoms with Gasteiger partial charge in [-0.25, -0.2) is 9.37 Å². The summed E-state index contributed by atoms with van der Waals surface area (Å²) < 4.78 is 18.3. The average Bonchev–Trinajstić information content (AvgIpc) is 3.43. The van der Waals surface area contributed by atoms with Crippen molar-refractivity contribution in [1.82, 2.24) is 14.1 Å². The van der Waals surface area contributed by atoms with Crippen LogP contribution in [0.3, 0.4) is 0 Å². The van der Waals surface area contributed by atoms with E-state index in [4.69, 9.17) is 0 Å². The standard InChI is InChI=1S/C23H19FN4O2/c1-14-4-2-3-5-19(14)26-23(30)17-12-28(15-6-7-15)20-11-21(27-9-8-25-13-27)18(24)10-16(20)22(17)29/h2-5,8-13,15H,6-7H2,1H3,(H,26,30). The van der Waals surface area contributed by atoms with Crippen LogP contribution in [0.1, 0.15) is 34.8 Å². The zero-order valence-corrected chi connectivity index (χ0v) is 16.3. The molecule has 30 heavy (non-hydrogen) atoms. The molecule has 2 aromatic heterocycles. The highest BCUT2D eigenvalue weighted by atomic mass is 19.1. The van der Waals surface area contributed by atoms with E-state index < -0.39 is 17.2 Å². The van der Waals surface area contributed by atoms with Gasteiger partial charge in [0.1, 0.15) is 11.4 Å². The quantitative estimate of drug-likeness (QED) is 0.556. The molecule has 6 nitrogen and oxygen atoms in total. The normalized spacial score (nSPS) is 13.5. The molecule has 0 radical (unpaired) electrons. The lowest BCUT2D eigenvalue weighted by Gasteiger charge is -2.15. The number of anilines is 1. The number of hydrogen-bond acceptors (Lipinski definition) is 3.